The van der Waals surface area contributed by atoms with Crippen LogP contribution in [0.4, 0.5) is 10.7 Å². The van der Waals surface area contributed by atoms with Gasteiger partial charge in [0, 0.05) is 4.47 Å². The van der Waals surface area contributed by atoms with Gasteiger partial charge in [-0.3, -0.25) is 4.79 Å². The number of halogens is 1. The van der Waals surface area contributed by atoms with Gasteiger partial charge in [-0.05, 0) is 68.9 Å². The highest BCUT2D eigenvalue weighted by atomic mass is 79.9. The standard InChI is InChI=1S/C31H34BrN5O5/c1-31(2,3)42-30(40)37(17-20-12-14-22(15-13-20)21-8-5-4-6-9-21)29-34-27-26(33-19-36(27)18-25(38)39)28(35-29)41-24-11-7-10-23(32)16-24/h7,10-16,19,21H,4-6,8-9,17-18H2,1-3H3,(H,38,39). The number of carbonyl (C=O) groups is 2. The number of hydrogen-bond acceptors (Lipinski definition) is 7. The molecule has 1 N–H and O–H groups in total. The molecule has 5 rings (SSSR count). The van der Waals surface area contributed by atoms with Crippen molar-refractivity contribution in [2.75, 3.05) is 4.90 Å². The van der Waals surface area contributed by atoms with Gasteiger partial charge >= 0.3 is 12.1 Å². The molecule has 11 heteroatoms. The number of carboxylic acids is 1. The molecule has 1 fully saturated rings. The zero-order chi connectivity index (χ0) is 29.9. The number of rotatable bonds is 8. The van der Waals surface area contributed by atoms with Gasteiger partial charge < -0.3 is 19.1 Å². The first kappa shape index (κ1) is 29.5. The van der Waals surface area contributed by atoms with Crippen LogP contribution in [-0.2, 0) is 22.6 Å². The monoisotopic (exact) mass is 635 g/mol. The number of carbonyl (C=O) groups excluding carboxylic acids is 1. The molecule has 2 aromatic carbocycles. The number of ether oxygens (including phenoxy) is 2. The highest BCUT2D eigenvalue weighted by Gasteiger charge is 2.28. The van der Waals surface area contributed by atoms with Crippen LogP contribution in [0.2, 0.25) is 0 Å². The third-order valence-electron chi connectivity index (χ3n) is 6.99. The van der Waals surface area contributed by atoms with E-state index in [9.17, 15) is 14.7 Å². The quantitative estimate of drug-likeness (QED) is 0.212. The molecule has 10 nitrogen and oxygen atoms in total. The summed E-state index contributed by atoms with van der Waals surface area (Å²) in [6.45, 7) is 5.12. The number of nitrogens with zero attached hydrogens (tertiary/aromatic N) is 5. The summed E-state index contributed by atoms with van der Waals surface area (Å²) in [6.07, 6.45) is 6.92. The van der Waals surface area contributed by atoms with Crippen molar-refractivity contribution in [3.05, 3.63) is 70.5 Å². The molecule has 1 saturated carbocycles. The Morgan fingerprint density at radius 1 is 1.07 bits per heavy atom. The molecule has 1 aliphatic carbocycles. The molecule has 1 amide bonds. The molecule has 2 aromatic heterocycles. The fraction of sp³-hybridized carbons (Fsp3) is 0.387. The van der Waals surface area contributed by atoms with E-state index in [0.29, 0.717) is 11.7 Å². The third kappa shape index (κ3) is 7.25. The van der Waals surface area contributed by atoms with E-state index in [1.54, 1.807) is 32.9 Å². The van der Waals surface area contributed by atoms with Crippen molar-refractivity contribution in [1.82, 2.24) is 19.5 Å². The van der Waals surface area contributed by atoms with Gasteiger partial charge in [0.2, 0.25) is 5.95 Å². The van der Waals surface area contributed by atoms with Crippen LogP contribution in [0.5, 0.6) is 11.6 Å². The van der Waals surface area contributed by atoms with E-state index >= 15 is 0 Å². The minimum absolute atomic E-state index is 0.00485. The molecule has 4 aromatic rings. The summed E-state index contributed by atoms with van der Waals surface area (Å²) < 4.78 is 14.0. The second kappa shape index (κ2) is 12.5. The van der Waals surface area contributed by atoms with E-state index in [1.165, 1.54) is 53.5 Å². The van der Waals surface area contributed by atoms with Crippen LogP contribution in [0.1, 0.15) is 69.9 Å². The average Bonchev–Trinajstić information content (AvgIpc) is 3.34. The van der Waals surface area contributed by atoms with Crippen molar-refractivity contribution in [1.29, 1.82) is 0 Å². The maximum atomic E-state index is 13.6. The number of aromatic nitrogens is 4. The van der Waals surface area contributed by atoms with Crippen LogP contribution >= 0.6 is 15.9 Å². The van der Waals surface area contributed by atoms with Crippen LogP contribution < -0.4 is 9.64 Å². The van der Waals surface area contributed by atoms with E-state index in [-0.39, 0.29) is 36.1 Å². The number of aliphatic carboxylic acids is 1. The molecule has 2 heterocycles. The summed E-state index contributed by atoms with van der Waals surface area (Å²) in [4.78, 5) is 40.1. The Morgan fingerprint density at radius 3 is 2.48 bits per heavy atom. The predicted octanol–water partition coefficient (Wildman–Crippen LogP) is 7.46. The van der Waals surface area contributed by atoms with Gasteiger partial charge in [0.1, 0.15) is 17.9 Å². The van der Waals surface area contributed by atoms with Crippen LogP contribution in [0.3, 0.4) is 0 Å². The molecule has 0 saturated heterocycles. The lowest BCUT2D eigenvalue weighted by Crippen LogP contribution is -2.37. The minimum Gasteiger partial charge on any atom is -0.480 e. The molecular weight excluding hydrogens is 602 g/mol. The molecule has 0 unspecified atom stereocenters. The van der Waals surface area contributed by atoms with Gasteiger partial charge in [-0.15, -0.1) is 0 Å². The van der Waals surface area contributed by atoms with Crippen LogP contribution in [0.15, 0.2) is 59.3 Å². The highest BCUT2D eigenvalue weighted by molar-refractivity contribution is 9.10. The smallest absolute Gasteiger partial charge is 0.417 e. The summed E-state index contributed by atoms with van der Waals surface area (Å²) in [6, 6.07) is 15.5. The lowest BCUT2D eigenvalue weighted by atomic mass is 9.84. The fourth-order valence-corrected chi connectivity index (χ4v) is 5.43. The Balaban J connectivity index is 1.55. The zero-order valence-electron chi connectivity index (χ0n) is 23.9. The van der Waals surface area contributed by atoms with Gasteiger partial charge in [0.25, 0.3) is 5.88 Å². The number of anilines is 1. The summed E-state index contributed by atoms with van der Waals surface area (Å²) in [5.41, 5.74) is 1.89. The Bertz CT molecular complexity index is 1580. The first-order valence-electron chi connectivity index (χ1n) is 14.0. The van der Waals surface area contributed by atoms with Gasteiger partial charge in [0.05, 0.1) is 12.9 Å². The largest absolute Gasteiger partial charge is 0.480 e. The number of hydrogen-bond donors (Lipinski definition) is 1. The fourth-order valence-electron chi connectivity index (χ4n) is 5.05. The SMILES string of the molecule is CC(C)(C)OC(=O)N(Cc1ccc(C2CCCCC2)cc1)c1nc(Oc2cccc(Br)c2)c2ncn(CC(=O)O)c2n1. The van der Waals surface area contributed by atoms with Crippen LogP contribution in [0, 0.1) is 0 Å². The Hall–Kier alpha value is -3.99. The van der Waals surface area contributed by atoms with Crippen molar-refractivity contribution >= 4 is 45.1 Å². The molecule has 220 valence electrons. The molecule has 42 heavy (non-hydrogen) atoms. The Labute approximate surface area is 252 Å². The summed E-state index contributed by atoms with van der Waals surface area (Å²) >= 11 is 3.44. The van der Waals surface area contributed by atoms with Crippen molar-refractivity contribution in [3.63, 3.8) is 0 Å². The van der Waals surface area contributed by atoms with Crippen molar-refractivity contribution in [3.8, 4) is 11.6 Å². The lowest BCUT2D eigenvalue weighted by Gasteiger charge is -2.27. The van der Waals surface area contributed by atoms with E-state index in [1.807, 2.05) is 24.3 Å². The van der Waals surface area contributed by atoms with Gasteiger partial charge in [-0.1, -0.05) is 65.5 Å². The summed E-state index contributed by atoms with van der Waals surface area (Å²) in [7, 11) is 0. The van der Waals surface area contributed by atoms with Gasteiger partial charge in [-0.25, -0.2) is 14.7 Å². The number of benzene rings is 2. The molecule has 0 atom stereocenters. The van der Waals surface area contributed by atoms with E-state index in [2.05, 4.69) is 43.0 Å². The Kier molecular flexibility index (Phi) is 8.77. The Morgan fingerprint density at radius 2 is 1.81 bits per heavy atom. The second-order valence-corrected chi connectivity index (χ2v) is 12.4. The van der Waals surface area contributed by atoms with E-state index < -0.39 is 17.7 Å². The zero-order valence-corrected chi connectivity index (χ0v) is 25.5. The topological polar surface area (TPSA) is 120 Å². The first-order valence-corrected chi connectivity index (χ1v) is 14.8. The van der Waals surface area contributed by atoms with E-state index in [4.69, 9.17) is 9.47 Å². The van der Waals surface area contributed by atoms with Crippen LogP contribution in [-0.4, -0.2) is 42.3 Å². The highest BCUT2D eigenvalue weighted by Crippen LogP contribution is 2.34. The summed E-state index contributed by atoms with van der Waals surface area (Å²) in [5.74, 6) is 0.0626. The molecule has 1 aliphatic rings. The maximum Gasteiger partial charge on any atom is 0.417 e. The summed E-state index contributed by atoms with van der Waals surface area (Å²) in [5, 5.41) is 9.47. The second-order valence-electron chi connectivity index (χ2n) is 11.5. The number of imidazole rings is 1. The molecular formula is C31H34BrN5O5. The van der Waals surface area contributed by atoms with Crippen molar-refractivity contribution < 1.29 is 24.2 Å². The molecule has 0 radical (unpaired) electrons. The van der Waals surface area contributed by atoms with Crippen molar-refractivity contribution in [2.24, 2.45) is 0 Å². The molecule has 0 bridgehead atoms. The van der Waals surface area contributed by atoms with Crippen LogP contribution in [0.25, 0.3) is 11.2 Å². The first-order chi connectivity index (χ1) is 20.1. The number of amides is 1. The van der Waals surface area contributed by atoms with E-state index in [0.717, 1.165) is 10.0 Å². The maximum absolute atomic E-state index is 13.6. The van der Waals surface area contributed by atoms with Gasteiger partial charge in [-0.2, -0.15) is 9.97 Å². The average molecular weight is 637 g/mol. The minimum atomic E-state index is -1.06. The number of fused-ring (bicyclic) bond motifs is 1. The third-order valence-corrected chi connectivity index (χ3v) is 7.48. The van der Waals surface area contributed by atoms with Gasteiger partial charge in [0.15, 0.2) is 11.2 Å². The normalized spacial score (nSPS) is 14.1. The molecule has 0 aliphatic heterocycles. The van der Waals surface area contributed by atoms with Crippen molar-refractivity contribution in [2.45, 2.75) is 77.5 Å². The lowest BCUT2D eigenvalue weighted by molar-refractivity contribution is -0.137. The molecule has 0 spiro atoms. The number of carboxylic acid groups (broad SMARTS) is 1. The predicted molar refractivity (Wildman–Crippen MR) is 162 cm³/mol.